The van der Waals surface area contributed by atoms with Crippen LogP contribution >= 0.6 is 8.53 Å². The maximum Gasteiger partial charge on any atom is 0.282 e. The fourth-order valence-electron chi connectivity index (χ4n) is 7.42. The minimum absolute atomic E-state index is 0.0434. The summed E-state index contributed by atoms with van der Waals surface area (Å²) in [6.07, 6.45) is -2.43. The molecule has 5 atom stereocenters. The van der Waals surface area contributed by atoms with Crippen LogP contribution in [0.25, 0.3) is 16.0 Å². The molecular weight excluding hydrogens is 800 g/mol. The van der Waals surface area contributed by atoms with Gasteiger partial charge in [-0.05, 0) is 68.7 Å². The van der Waals surface area contributed by atoms with E-state index in [1.807, 2.05) is 85.8 Å². The Morgan fingerprint density at radius 1 is 0.934 bits per heavy atom. The van der Waals surface area contributed by atoms with Crippen LogP contribution in [-0.4, -0.2) is 93.8 Å². The lowest BCUT2D eigenvalue weighted by atomic mass is 9.79. The minimum atomic E-state index is -1.61. The van der Waals surface area contributed by atoms with Crippen molar-refractivity contribution >= 4 is 31.5 Å². The van der Waals surface area contributed by atoms with Crippen molar-refractivity contribution in [3.05, 3.63) is 117 Å². The first kappa shape index (κ1) is 45.3. The standard InChI is InChI=1S/C44H55N8O8P/c1-27(2)40(53)47-43-46-39-37(41(54)48-43)49-50-51(39)42-38(30(7)36(59-42)26-58-61(57-25-24-45-8)52(28(3)4)29(5)6)60-44(31-14-12-11-13-15-31,32-16-20-34(55-9)21-17-32)33-18-22-35(56-10)23-19-33/h11-23,27-30,36,38,42H,24-26H2,1-7,9-10H3,(H2,46,47,48,53,54)/t30-,36-,38-,42-,61?/m1/s1. The normalized spacial score (nSPS) is 18.6. The molecule has 1 aliphatic rings. The molecule has 2 aromatic heterocycles. The Balaban J connectivity index is 1.52. The predicted molar refractivity (Wildman–Crippen MR) is 232 cm³/mol. The maximum atomic E-state index is 13.4. The number of hydrogen-bond donors (Lipinski definition) is 2. The van der Waals surface area contributed by atoms with Gasteiger partial charge in [-0.3, -0.25) is 19.9 Å². The molecule has 17 heteroatoms. The third kappa shape index (κ3) is 9.78. The second-order valence-corrected chi connectivity index (χ2v) is 17.0. The van der Waals surface area contributed by atoms with Crippen molar-refractivity contribution < 1.29 is 32.8 Å². The van der Waals surface area contributed by atoms with Crippen molar-refractivity contribution in [1.29, 1.82) is 0 Å². The van der Waals surface area contributed by atoms with Gasteiger partial charge in [0.2, 0.25) is 18.4 Å². The molecule has 61 heavy (non-hydrogen) atoms. The first-order valence-corrected chi connectivity index (χ1v) is 21.5. The molecule has 2 N–H and O–H groups in total. The van der Waals surface area contributed by atoms with Crippen molar-refractivity contribution in [2.75, 3.05) is 39.3 Å². The number of aromatic nitrogens is 5. The van der Waals surface area contributed by atoms with Crippen molar-refractivity contribution in [2.24, 2.45) is 11.8 Å². The topological polar surface area (TPSA) is 169 Å². The molecule has 5 aromatic rings. The van der Waals surface area contributed by atoms with Crippen molar-refractivity contribution in [3.8, 4) is 11.5 Å². The van der Waals surface area contributed by atoms with E-state index in [4.69, 9.17) is 34.6 Å². The number of carbonyl (C=O) groups excluding carboxylic acids is 1. The summed E-state index contributed by atoms with van der Waals surface area (Å²) in [4.78, 5) is 36.9. The molecule has 1 aliphatic heterocycles. The Bertz CT molecular complexity index is 2260. The average Bonchev–Trinajstić information content (AvgIpc) is 3.81. The number of fused-ring (bicyclic) bond motifs is 1. The summed E-state index contributed by atoms with van der Waals surface area (Å²) in [6.45, 7) is 21.6. The number of benzene rings is 3. The van der Waals surface area contributed by atoms with E-state index in [2.05, 4.69) is 62.8 Å². The molecule has 324 valence electrons. The third-order valence-corrected chi connectivity index (χ3v) is 12.6. The van der Waals surface area contributed by atoms with Crippen molar-refractivity contribution in [1.82, 2.24) is 29.6 Å². The Labute approximate surface area is 357 Å². The van der Waals surface area contributed by atoms with Gasteiger partial charge in [-0.2, -0.15) is 9.67 Å². The lowest BCUT2D eigenvalue weighted by molar-refractivity contribution is -0.119. The van der Waals surface area contributed by atoms with Gasteiger partial charge in [-0.25, -0.2) is 11.2 Å². The van der Waals surface area contributed by atoms with Gasteiger partial charge in [0.1, 0.15) is 29.8 Å². The molecule has 0 saturated carbocycles. The molecule has 1 saturated heterocycles. The van der Waals surface area contributed by atoms with Gasteiger partial charge in [-0.1, -0.05) is 80.6 Å². The lowest BCUT2D eigenvalue weighted by Crippen LogP contribution is -2.41. The Morgan fingerprint density at radius 3 is 2.07 bits per heavy atom. The second kappa shape index (κ2) is 20.1. The minimum Gasteiger partial charge on any atom is -0.497 e. The summed E-state index contributed by atoms with van der Waals surface area (Å²) in [6, 6.07) is 25.5. The number of amides is 1. The number of nitrogens with zero attached hydrogens (tertiary/aromatic N) is 6. The first-order chi connectivity index (χ1) is 29.3. The number of anilines is 1. The quantitative estimate of drug-likeness (QED) is 0.0368. The van der Waals surface area contributed by atoms with E-state index >= 15 is 0 Å². The molecule has 1 fully saturated rings. The molecule has 0 aliphatic carbocycles. The molecule has 0 bridgehead atoms. The fourth-order valence-corrected chi connectivity index (χ4v) is 9.02. The van der Waals surface area contributed by atoms with Gasteiger partial charge in [0.25, 0.3) is 14.1 Å². The molecule has 16 nitrogen and oxygen atoms in total. The van der Waals surface area contributed by atoms with Crippen LogP contribution in [0.15, 0.2) is 83.7 Å². The summed E-state index contributed by atoms with van der Waals surface area (Å²) in [5.74, 6) is 0.197. The highest BCUT2D eigenvalue weighted by molar-refractivity contribution is 7.44. The second-order valence-electron chi connectivity index (χ2n) is 15.6. The zero-order valence-corrected chi connectivity index (χ0v) is 37.0. The van der Waals surface area contributed by atoms with Gasteiger partial charge in [0.05, 0.1) is 26.9 Å². The van der Waals surface area contributed by atoms with E-state index in [0.717, 1.165) is 16.7 Å². The van der Waals surface area contributed by atoms with E-state index in [-0.39, 0.29) is 60.8 Å². The zero-order valence-electron chi connectivity index (χ0n) is 36.1. The van der Waals surface area contributed by atoms with Crippen LogP contribution < -0.4 is 20.3 Å². The van der Waals surface area contributed by atoms with Crippen LogP contribution in [0.5, 0.6) is 11.5 Å². The number of aromatic amines is 1. The van der Waals surface area contributed by atoms with E-state index in [9.17, 15) is 9.59 Å². The van der Waals surface area contributed by atoms with Crippen LogP contribution in [0.1, 0.15) is 71.4 Å². The SMILES string of the molecule is [C-]#[N+]CCOP(OC[C@H]1O[C@@H](n2nnc3c(=O)[nH]c(NC(=O)C(C)C)nc32)[C@H](OC(c2ccccc2)(c2ccc(OC)cc2)c2ccc(OC)cc2)[C@@H]1C)N(C(C)C)C(C)C. The zero-order chi connectivity index (χ0) is 43.8. The van der Waals surface area contributed by atoms with Crippen LogP contribution in [0.3, 0.4) is 0 Å². The number of methoxy groups -OCH3 is 2. The molecule has 1 amide bonds. The van der Waals surface area contributed by atoms with Gasteiger partial charge in [0, 0.05) is 23.9 Å². The highest BCUT2D eigenvalue weighted by Gasteiger charge is 2.51. The van der Waals surface area contributed by atoms with E-state index in [0.29, 0.717) is 11.5 Å². The summed E-state index contributed by atoms with van der Waals surface area (Å²) >= 11 is 0. The number of ether oxygens (including phenoxy) is 4. The molecule has 3 aromatic carbocycles. The van der Waals surface area contributed by atoms with Crippen LogP contribution in [0.4, 0.5) is 5.95 Å². The smallest absolute Gasteiger partial charge is 0.282 e. The van der Waals surface area contributed by atoms with Gasteiger partial charge in [-0.15, -0.1) is 5.10 Å². The molecule has 0 spiro atoms. The predicted octanol–water partition coefficient (Wildman–Crippen LogP) is 7.34. The van der Waals surface area contributed by atoms with Crippen LogP contribution in [-0.2, 0) is 28.9 Å². The Hall–Kier alpha value is -5.27. The first-order valence-electron chi connectivity index (χ1n) is 20.3. The number of H-pyrrole nitrogens is 1. The van der Waals surface area contributed by atoms with Gasteiger partial charge >= 0.3 is 0 Å². The van der Waals surface area contributed by atoms with Crippen molar-refractivity contribution in [2.45, 2.75) is 84.6 Å². The molecule has 0 radical (unpaired) electrons. The molecule has 3 heterocycles. The summed E-state index contributed by atoms with van der Waals surface area (Å²) in [7, 11) is 1.63. The van der Waals surface area contributed by atoms with Crippen molar-refractivity contribution in [3.63, 3.8) is 0 Å². The van der Waals surface area contributed by atoms with E-state index in [1.54, 1.807) is 28.1 Å². The number of nitrogens with one attached hydrogen (secondary N) is 2. The van der Waals surface area contributed by atoms with Crippen LogP contribution in [0.2, 0.25) is 0 Å². The largest absolute Gasteiger partial charge is 0.497 e. The lowest BCUT2D eigenvalue weighted by Gasteiger charge is -2.40. The average molecular weight is 855 g/mol. The third-order valence-electron chi connectivity index (χ3n) is 10.5. The Kier molecular flexibility index (Phi) is 14.9. The summed E-state index contributed by atoms with van der Waals surface area (Å²) in [5.41, 5.74) is 0.618. The van der Waals surface area contributed by atoms with Gasteiger partial charge in [0.15, 0.2) is 17.4 Å². The number of carbonyl (C=O) groups is 1. The monoisotopic (exact) mass is 854 g/mol. The van der Waals surface area contributed by atoms with Crippen LogP contribution in [0, 0.1) is 18.4 Å². The number of hydrogen-bond acceptors (Lipinski definition) is 12. The van der Waals surface area contributed by atoms with Gasteiger partial charge < -0.3 is 32.8 Å². The molecule has 1 unspecified atom stereocenters. The maximum absolute atomic E-state index is 13.4. The highest BCUT2D eigenvalue weighted by Crippen LogP contribution is 2.50. The Morgan fingerprint density at radius 2 is 1.52 bits per heavy atom. The van der Waals surface area contributed by atoms with E-state index < -0.39 is 44.0 Å². The molecular formula is C44H55N8O8P. The molecule has 6 rings (SSSR count). The summed E-state index contributed by atoms with van der Waals surface area (Å²) in [5, 5.41) is 11.4. The van der Waals surface area contributed by atoms with E-state index in [1.165, 1.54) is 4.68 Å². The highest BCUT2D eigenvalue weighted by atomic mass is 31.2. The fraction of sp³-hybridized carbons (Fsp3) is 0.455. The summed E-state index contributed by atoms with van der Waals surface area (Å²) < 4.78 is 42.3. The number of rotatable bonds is 19.